The molecule has 1 fully saturated rings. The summed E-state index contributed by atoms with van der Waals surface area (Å²) >= 11 is 1.06. The van der Waals surface area contributed by atoms with Crippen LogP contribution in [0.3, 0.4) is 0 Å². The molecular formula is C28H22FN7OS. The Kier molecular flexibility index (Phi) is 5.47. The van der Waals surface area contributed by atoms with E-state index in [2.05, 4.69) is 30.5 Å². The minimum atomic E-state index is -0.254. The zero-order valence-electron chi connectivity index (χ0n) is 20.2. The maximum Gasteiger partial charge on any atom is 0.227 e. The van der Waals surface area contributed by atoms with Gasteiger partial charge in [-0.15, -0.1) is 11.3 Å². The predicted molar refractivity (Wildman–Crippen MR) is 146 cm³/mol. The number of imidazole rings is 1. The number of carbonyl (C=O) groups is 1. The van der Waals surface area contributed by atoms with E-state index in [0.29, 0.717) is 22.7 Å². The largest absolute Gasteiger partial charge is 0.335 e. The van der Waals surface area contributed by atoms with Gasteiger partial charge in [-0.25, -0.2) is 4.98 Å². The average Bonchev–Trinajstić information content (AvgIpc) is 3.74. The highest BCUT2D eigenvalue weighted by molar-refractivity contribution is 7.14. The number of nitrogens with zero attached hydrogens (tertiary/aromatic N) is 4. The van der Waals surface area contributed by atoms with Crippen LogP contribution in [-0.2, 0) is 4.79 Å². The van der Waals surface area contributed by atoms with E-state index in [1.165, 1.54) is 6.07 Å². The van der Waals surface area contributed by atoms with Gasteiger partial charge in [0.1, 0.15) is 11.2 Å². The van der Waals surface area contributed by atoms with Crippen molar-refractivity contribution in [2.24, 2.45) is 5.92 Å². The molecule has 0 aliphatic heterocycles. The summed E-state index contributed by atoms with van der Waals surface area (Å²) in [7, 11) is 0. The van der Waals surface area contributed by atoms with Crippen LogP contribution in [0.25, 0.3) is 55.0 Å². The van der Waals surface area contributed by atoms with Crippen molar-refractivity contribution < 1.29 is 9.18 Å². The average molecular weight is 524 g/mol. The van der Waals surface area contributed by atoms with Gasteiger partial charge in [0.2, 0.25) is 5.91 Å². The van der Waals surface area contributed by atoms with E-state index >= 15 is 0 Å². The summed E-state index contributed by atoms with van der Waals surface area (Å²) in [4.78, 5) is 30.2. The third-order valence-electron chi connectivity index (χ3n) is 7.09. The lowest BCUT2D eigenvalue weighted by molar-refractivity contribution is -0.119. The van der Waals surface area contributed by atoms with Crippen molar-refractivity contribution in [3.63, 3.8) is 0 Å². The molecule has 0 atom stereocenters. The number of hydrogen-bond donors (Lipinski definition) is 3. The van der Waals surface area contributed by atoms with Crippen LogP contribution in [0.2, 0.25) is 0 Å². The van der Waals surface area contributed by atoms with E-state index in [1.807, 2.05) is 24.3 Å². The highest BCUT2D eigenvalue weighted by Gasteiger charge is 2.23. The number of benzene rings is 1. The quantitative estimate of drug-likeness (QED) is 0.237. The van der Waals surface area contributed by atoms with Crippen molar-refractivity contribution in [2.45, 2.75) is 25.7 Å². The molecule has 1 amide bonds. The number of halogens is 1. The van der Waals surface area contributed by atoms with Crippen LogP contribution in [0.5, 0.6) is 0 Å². The molecule has 1 aliphatic rings. The van der Waals surface area contributed by atoms with Crippen molar-refractivity contribution >= 4 is 44.9 Å². The summed E-state index contributed by atoms with van der Waals surface area (Å²) in [5.74, 6) is 0.741. The van der Waals surface area contributed by atoms with Gasteiger partial charge in [0.05, 0.1) is 29.1 Å². The molecule has 5 heterocycles. The number of carbonyl (C=O) groups excluding carboxylic acids is 1. The first kappa shape index (κ1) is 22.7. The van der Waals surface area contributed by atoms with Gasteiger partial charge in [-0.3, -0.25) is 19.9 Å². The molecule has 1 aromatic carbocycles. The number of pyridine rings is 2. The third-order valence-corrected chi connectivity index (χ3v) is 7.99. The first-order valence-corrected chi connectivity index (χ1v) is 13.3. The minimum absolute atomic E-state index is 0.0676. The summed E-state index contributed by atoms with van der Waals surface area (Å²) in [6.07, 6.45) is 11.0. The summed E-state index contributed by atoms with van der Waals surface area (Å²) < 4.78 is 13.7. The Bertz CT molecular complexity index is 1810. The lowest BCUT2D eigenvalue weighted by atomic mass is 10.0. The monoisotopic (exact) mass is 523 g/mol. The van der Waals surface area contributed by atoms with Gasteiger partial charge in [0.15, 0.2) is 11.0 Å². The van der Waals surface area contributed by atoms with Gasteiger partial charge < -0.3 is 10.3 Å². The lowest BCUT2D eigenvalue weighted by Crippen LogP contribution is -2.20. The SMILES string of the molecule is O=C(Nc1cncc(-c2ccc3[nH]nc(-c4nc5c(-c6ccc(F)s6)cncc5[nH]4)c3c2)c1)C1CCCC1. The Labute approximate surface area is 220 Å². The molecule has 188 valence electrons. The highest BCUT2D eigenvalue weighted by atomic mass is 32.1. The molecule has 0 saturated heterocycles. The smallest absolute Gasteiger partial charge is 0.227 e. The van der Waals surface area contributed by atoms with Gasteiger partial charge in [0.25, 0.3) is 0 Å². The molecule has 1 aliphatic carbocycles. The second-order valence-electron chi connectivity index (χ2n) is 9.54. The van der Waals surface area contributed by atoms with Crippen molar-refractivity contribution in [1.29, 1.82) is 0 Å². The molecule has 6 aromatic rings. The molecule has 8 nitrogen and oxygen atoms in total. The van der Waals surface area contributed by atoms with E-state index in [1.54, 1.807) is 30.9 Å². The standard InChI is InChI=1S/C28H22FN7OS/c29-24-8-7-23(38-24)20-13-31-14-22-25(20)34-27(33-22)26-19-10-16(5-6-21(19)35-36-26)17-9-18(12-30-11-17)32-28(37)15-3-1-2-4-15/h5-15H,1-4H2,(H,32,37)(H,33,34)(H,35,36). The van der Waals surface area contributed by atoms with Gasteiger partial charge >= 0.3 is 0 Å². The van der Waals surface area contributed by atoms with E-state index < -0.39 is 0 Å². The predicted octanol–water partition coefficient (Wildman–Crippen LogP) is 6.56. The molecule has 38 heavy (non-hydrogen) atoms. The normalized spacial score (nSPS) is 14.0. The molecule has 0 spiro atoms. The van der Waals surface area contributed by atoms with Crippen LogP contribution < -0.4 is 5.32 Å². The van der Waals surface area contributed by atoms with Crippen molar-refractivity contribution in [3.05, 3.63) is 66.3 Å². The Morgan fingerprint density at radius 1 is 0.974 bits per heavy atom. The number of aromatic amines is 2. The zero-order valence-corrected chi connectivity index (χ0v) is 21.0. The summed E-state index contributed by atoms with van der Waals surface area (Å²) in [6, 6.07) is 11.1. The molecule has 5 aromatic heterocycles. The fourth-order valence-electron chi connectivity index (χ4n) is 5.16. The number of anilines is 1. The van der Waals surface area contributed by atoms with Crippen molar-refractivity contribution in [3.8, 4) is 33.1 Å². The third kappa shape index (κ3) is 4.03. The van der Waals surface area contributed by atoms with Crippen LogP contribution in [0.15, 0.2) is 61.2 Å². The van der Waals surface area contributed by atoms with Crippen molar-refractivity contribution in [1.82, 2.24) is 30.1 Å². The summed E-state index contributed by atoms with van der Waals surface area (Å²) in [5.41, 5.74) is 6.27. The number of hydrogen-bond acceptors (Lipinski definition) is 6. The first-order valence-electron chi connectivity index (χ1n) is 12.5. The second-order valence-corrected chi connectivity index (χ2v) is 10.6. The van der Waals surface area contributed by atoms with Gasteiger partial charge in [0, 0.05) is 39.7 Å². The highest BCUT2D eigenvalue weighted by Crippen LogP contribution is 2.35. The molecule has 0 bridgehead atoms. The van der Waals surface area contributed by atoms with Crippen LogP contribution in [-0.4, -0.2) is 36.0 Å². The maximum atomic E-state index is 13.7. The van der Waals surface area contributed by atoms with Crippen LogP contribution >= 0.6 is 11.3 Å². The lowest BCUT2D eigenvalue weighted by Gasteiger charge is -2.11. The Balaban J connectivity index is 1.24. The molecular weight excluding hydrogens is 501 g/mol. The van der Waals surface area contributed by atoms with Gasteiger partial charge in [-0.1, -0.05) is 18.9 Å². The topological polar surface area (TPSA) is 112 Å². The van der Waals surface area contributed by atoms with E-state index in [4.69, 9.17) is 4.98 Å². The van der Waals surface area contributed by atoms with Crippen LogP contribution in [0.4, 0.5) is 10.1 Å². The van der Waals surface area contributed by atoms with Crippen LogP contribution in [0.1, 0.15) is 25.7 Å². The number of thiophene rings is 1. The number of rotatable bonds is 5. The molecule has 3 N–H and O–H groups in total. The van der Waals surface area contributed by atoms with E-state index in [9.17, 15) is 9.18 Å². The Hall–Kier alpha value is -4.44. The van der Waals surface area contributed by atoms with Crippen LogP contribution in [0, 0.1) is 11.0 Å². The summed E-state index contributed by atoms with van der Waals surface area (Å²) in [6.45, 7) is 0. The van der Waals surface area contributed by atoms with E-state index in [0.717, 1.165) is 75.0 Å². The number of aromatic nitrogens is 6. The number of fused-ring (bicyclic) bond motifs is 2. The Morgan fingerprint density at radius 3 is 2.68 bits per heavy atom. The fraction of sp³-hybridized carbons (Fsp3) is 0.179. The minimum Gasteiger partial charge on any atom is -0.335 e. The molecule has 0 radical (unpaired) electrons. The molecule has 1 saturated carbocycles. The van der Waals surface area contributed by atoms with Crippen molar-refractivity contribution in [2.75, 3.05) is 5.32 Å². The second kappa shape index (κ2) is 9.14. The zero-order chi connectivity index (χ0) is 25.6. The molecule has 0 unspecified atom stereocenters. The molecule has 10 heteroatoms. The Morgan fingerprint density at radius 2 is 1.84 bits per heavy atom. The summed E-state index contributed by atoms with van der Waals surface area (Å²) in [5, 5.41) is 11.3. The van der Waals surface area contributed by atoms with E-state index in [-0.39, 0.29) is 17.0 Å². The number of nitrogens with one attached hydrogen (secondary N) is 3. The van der Waals surface area contributed by atoms with Gasteiger partial charge in [-0.05, 0) is 48.7 Å². The van der Waals surface area contributed by atoms with Gasteiger partial charge in [-0.2, -0.15) is 9.49 Å². The fourth-order valence-corrected chi connectivity index (χ4v) is 5.90. The molecule has 7 rings (SSSR count). The first-order chi connectivity index (χ1) is 18.6. The number of H-pyrrole nitrogens is 2. The maximum absolute atomic E-state index is 13.7. The number of amides is 1.